The third-order valence-corrected chi connectivity index (χ3v) is 4.97. The molecule has 0 saturated carbocycles. The molecule has 1 heterocycles. The SMILES string of the molecule is CCOc1cc(/C=C2/C(=O)N(CCOCCOC(C)=O)C(=O)C(C#N)=C2C)ccc1OCC(C)C. The van der Waals surface area contributed by atoms with Gasteiger partial charge in [0.05, 0.1) is 33.0 Å². The van der Waals surface area contributed by atoms with E-state index in [1.807, 2.05) is 26.8 Å². The van der Waals surface area contributed by atoms with E-state index >= 15 is 0 Å². The van der Waals surface area contributed by atoms with Gasteiger partial charge in [-0.05, 0) is 49.1 Å². The van der Waals surface area contributed by atoms with Crippen LogP contribution in [-0.4, -0.2) is 62.3 Å². The first-order valence-electron chi connectivity index (χ1n) is 11.5. The van der Waals surface area contributed by atoms with Crippen molar-refractivity contribution < 1.29 is 33.3 Å². The number of carbonyl (C=O) groups excluding carboxylic acids is 3. The minimum atomic E-state index is -0.664. The van der Waals surface area contributed by atoms with Gasteiger partial charge in [-0.2, -0.15) is 5.26 Å². The number of nitriles is 1. The highest BCUT2D eigenvalue weighted by molar-refractivity contribution is 6.19. The Balaban J connectivity index is 2.27. The average molecular weight is 485 g/mol. The summed E-state index contributed by atoms with van der Waals surface area (Å²) in [6, 6.07) is 7.24. The molecule has 1 aromatic rings. The number of ether oxygens (including phenoxy) is 4. The van der Waals surface area contributed by atoms with E-state index in [-0.39, 0.29) is 37.5 Å². The Morgan fingerprint density at radius 3 is 2.49 bits per heavy atom. The Morgan fingerprint density at radius 2 is 1.86 bits per heavy atom. The Kier molecular flexibility index (Phi) is 10.5. The summed E-state index contributed by atoms with van der Waals surface area (Å²) in [5.74, 6) is -0.114. The lowest BCUT2D eigenvalue weighted by Crippen LogP contribution is -2.44. The average Bonchev–Trinajstić information content (AvgIpc) is 2.80. The fourth-order valence-electron chi connectivity index (χ4n) is 3.26. The molecule has 1 aromatic carbocycles. The Hall–Kier alpha value is -3.64. The number of esters is 1. The van der Waals surface area contributed by atoms with Gasteiger partial charge in [-0.25, -0.2) is 0 Å². The number of hydrogen-bond donors (Lipinski definition) is 0. The maximum Gasteiger partial charge on any atom is 0.302 e. The summed E-state index contributed by atoms with van der Waals surface area (Å²) < 4.78 is 21.7. The van der Waals surface area contributed by atoms with E-state index in [1.54, 1.807) is 31.2 Å². The van der Waals surface area contributed by atoms with Gasteiger partial charge in [0.1, 0.15) is 18.2 Å². The molecule has 0 radical (unpaired) electrons. The van der Waals surface area contributed by atoms with E-state index in [4.69, 9.17) is 18.9 Å². The van der Waals surface area contributed by atoms with Crippen molar-refractivity contribution in [2.45, 2.75) is 34.6 Å². The van der Waals surface area contributed by atoms with Crippen LogP contribution in [0.25, 0.3) is 6.08 Å². The smallest absolute Gasteiger partial charge is 0.302 e. The summed E-state index contributed by atoms with van der Waals surface area (Å²) in [5, 5.41) is 9.56. The molecule has 9 nitrogen and oxygen atoms in total. The predicted molar refractivity (Wildman–Crippen MR) is 128 cm³/mol. The molecule has 188 valence electrons. The first-order chi connectivity index (χ1) is 16.7. The standard InChI is InChI=1S/C26H32N2O7/c1-6-33-24-14-20(7-8-23(24)35-16-17(2)3)13-21-18(4)22(15-27)26(31)28(25(21)30)9-10-32-11-12-34-19(5)29/h7-8,13-14,17H,6,9-12,16H2,1-5H3/b21-13+. The number of imide groups is 1. The van der Waals surface area contributed by atoms with E-state index in [0.29, 0.717) is 41.8 Å². The Labute approximate surface area is 205 Å². The first-order valence-corrected chi connectivity index (χ1v) is 11.5. The minimum Gasteiger partial charge on any atom is -0.490 e. The number of hydrogen-bond acceptors (Lipinski definition) is 8. The topological polar surface area (TPSA) is 115 Å². The molecule has 0 aromatic heterocycles. The van der Waals surface area contributed by atoms with Crippen molar-refractivity contribution in [1.82, 2.24) is 4.90 Å². The minimum absolute atomic E-state index is 0.0418. The zero-order valence-corrected chi connectivity index (χ0v) is 20.9. The molecule has 0 unspecified atom stereocenters. The molecular weight excluding hydrogens is 452 g/mol. The monoisotopic (exact) mass is 484 g/mol. The van der Waals surface area contributed by atoms with Crippen molar-refractivity contribution in [3.8, 4) is 17.6 Å². The largest absolute Gasteiger partial charge is 0.490 e. The molecule has 1 aliphatic rings. The van der Waals surface area contributed by atoms with Crippen molar-refractivity contribution >= 4 is 23.9 Å². The van der Waals surface area contributed by atoms with Gasteiger partial charge in [-0.15, -0.1) is 0 Å². The van der Waals surface area contributed by atoms with E-state index in [1.165, 1.54) is 6.92 Å². The van der Waals surface area contributed by atoms with Crippen LogP contribution in [0.4, 0.5) is 0 Å². The van der Waals surface area contributed by atoms with E-state index in [9.17, 15) is 19.6 Å². The van der Waals surface area contributed by atoms with Crippen LogP contribution in [0.15, 0.2) is 34.9 Å². The van der Waals surface area contributed by atoms with Crippen LogP contribution in [0.1, 0.15) is 40.2 Å². The molecule has 2 rings (SSSR count). The third kappa shape index (κ3) is 7.69. The van der Waals surface area contributed by atoms with Crippen molar-refractivity contribution in [2.75, 3.05) is 39.6 Å². The summed E-state index contributed by atoms with van der Waals surface area (Å²) >= 11 is 0. The molecule has 35 heavy (non-hydrogen) atoms. The zero-order valence-electron chi connectivity index (χ0n) is 20.9. The molecule has 1 aliphatic heterocycles. The maximum atomic E-state index is 13.2. The predicted octanol–water partition coefficient (Wildman–Crippen LogP) is 3.29. The Morgan fingerprint density at radius 1 is 1.11 bits per heavy atom. The summed E-state index contributed by atoms with van der Waals surface area (Å²) in [6.07, 6.45) is 1.63. The van der Waals surface area contributed by atoms with Gasteiger partial charge in [-0.3, -0.25) is 19.3 Å². The van der Waals surface area contributed by atoms with E-state index < -0.39 is 17.8 Å². The summed E-state index contributed by atoms with van der Waals surface area (Å²) in [4.78, 5) is 37.7. The lowest BCUT2D eigenvalue weighted by atomic mass is 9.93. The maximum absolute atomic E-state index is 13.2. The molecule has 0 aliphatic carbocycles. The van der Waals surface area contributed by atoms with Crippen LogP contribution >= 0.6 is 0 Å². The number of amides is 2. The van der Waals surface area contributed by atoms with E-state index in [0.717, 1.165) is 4.90 Å². The van der Waals surface area contributed by atoms with Crippen molar-refractivity contribution in [3.63, 3.8) is 0 Å². The first kappa shape index (κ1) is 27.6. The van der Waals surface area contributed by atoms with Gasteiger partial charge >= 0.3 is 5.97 Å². The fraction of sp³-hybridized carbons (Fsp3) is 0.462. The van der Waals surface area contributed by atoms with Crippen molar-refractivity contribution in [1.29, 1.82) is 5.26 Å². The van der Waals surface area contributed by atoms with Crippen LogP contribution in [0.5, 0.6) is 11.5 Å². The second-order valence-corrected chi connectivity index (χ2v) is 8.23. The van der Waals surface area contributed by atoms with Gasteiger partial charge in [-0.1, -0.05) is 19.9 Å². The number of carbonyl (C=O) groups is 3. The lowest BCUT2D eigenvalue weighted by molar-refractivity contribution is -0.142. The zero-order chi connectivity index (χ0) is 26.0. The lowest BCUT2D eigenvalue weighted by Gasteiger charge is -2.27. The van der Waals surface area contributed by atoms with Crippen LogP contribution in [0.3, 0.4) is 0 Å². The van der Waals surface area contributed by atoms with Crippen LogP contribution in [0, 0.1) is 17.2 Å². The van der Waals surface area contributed by atoms with Crippen LogP contribution < -0.4 is 9.47 Å². The molecule has 0 bridgehead atoms. The normalized spacial score (nSPS) is 15.0. The quantitative estimate of drug-likeness (QED) is 0.192. The highest BCUT2D eigenvalue weighted by atomic mass is 16.6. The van der Waals surface area contributed by atoms with Crippen LogP contribution in [-0.2, 0) is 23.9 Å². The molecule has 9 heteroatoms. The highest BCUT2D eigenvalue weighted by Crippen LogP contribution is 2.32. The highest BCUT2D eigenvalue weighted by Gasteiger charge is 2.35. The molecule has 0 atom stereocenters. The molecule has 0 N–H and O–H groups in total. The third-order valence-electron chi connectivity index (χ3n) is 4.97. The van der Waals surface area contributed by atoms with E-state index in [2.05, 4.69) is 0 Å². The van der Waals surface area contributed by atoms with Crippen molar-refractivity contribution in [2.24, 2.45) is 5.92 Å². The number of nitrogens with zero attached hydrogens (tertiary/aromatic N) is 2. The van der Waals surface area contributed by atoms with Gasteiger partial charge in [0, 0.05) is 12.5 Å². The molecule has 0 spiro atoms. The van der Waals surface area contributed by atoms with Crippen molar-refractivity contribution in [3.05, 3.63) is 40.5 Å². The second-order valence-electron chi connectivity index (χ2n) is 8.23. The second kappa shape index (κ2) is 13.3. The van der Waals surface area contributed by atoms with Gasteiger partial charge in [0.2, 0.25) is 0 Å². The van der Waals surface area contributed by atoms with Gasteiger partial charge < -0.3 is 18.9 Å². The summed E-state index contributed by atoms with van der Waals surface area (Å²) in [5.41, 5.74) is 1.11. The molecule has 0 fully saturated rings. The number of rotatable bonds is 12. The van der Waals surface area contributed by atoms with Gasteiger partial charge in [0.25, 0.3) is 11.8 Å². The molecule has 2 amide bonds. The summed E-state index contributed by atoms with van der Waals surface area (Å²) in [6.45, 7) is 10.0. The van der Waals surface area contributed by atoms with Crippen LogP contribution in [0.2, 0.25) is 0 Å². The molecular formula is C26H32N2O7. The number of benzene rings is 1. The van der Waals surface area contributed by atoms with Gasteiger partial charge in [0.15, 0.2) is 11.5 Å². The fourth-order valence-corrected chi connectivity index (χ4v) is 3.26. The summed E-state index contributed by atoms with van der Waals surface area (Å²) in [7, 11) is 0. The molecule has 0 saturated heterocycles. The Bertz CT molecular complexity index is 1050.